The fourth-order valence-corrected chi connectivity index (χ4v) is 1.84. The van der Waals surface area contributed by atoms with Crippen LogP contribution in [0, 0.1) is 0 Å². The van der Waals surface area contributed by atoms with Crippen LogP contribution in [0.4, 0.5) is 8.78 Å². The van der Waals surface area contributed by atoms with Gasteiger partial charge in [0.25, 0.3) is 0 Å². The molecular formula is C7H4Br2F2. The van der Waals surface area contributed by atoms with E-state index in [-0.39, 0.29) is 5.56 Å². The molecule has 0 aliphatic carbocycles. The number of hydrogen-bond acceptors (Lipinski definition) is 0. The molecule has 0 saturated heterocycles. The molecule has 0 aromatic heterocycles. The van der Waals surface area contributed by atoms with Crippen LogP contribution >= 0.6 is 31.9 Å². The predicted octanol–water partition coefficient (Wildman–Crippen LogP) is 3.89. The molecule has 1 rings (SSSR count). The zero-order valence-corrected chi connectivity index (χ0v) is 8.49. The maximum absolute atomic E-state index is 12.6. The second-order valence-corrected chi connectivity index (χ2v) is 3.83. The molecule has 4 heteroatoms. The quantitative estimate of drug-likeness (QED) is 0.687. The summed E-state index contributed by atoms with van der Waals surface area (Å²) in [5.41, 5.74) is -0.0556. The Kier molecular flexibility index (Phi) is 2.65. The van der Waals surface area contributed by atoms with Gasteiger partial charge in [-0.15, -0.1) is 0 Å². The summed E-state index contributed by atoms with van der Waals surface area (Å²) in [6, 6.07) is 6.19. The molecule has 0 saturated carbocycles. The molecule has 0 N–H and O–H groups in total. The first-order chi connectivity index (χ1) is 5.02. The molecule has 0 aliphatic rings. The lowest BCUT2D eigenvalue weighted by molar-refractivity contribution is 0.114. The van der Waals surface area contributed by atoms with E-state index < -0.39 is 4.83 Å². The zero-order valence-electron chi connectivity index (χ0n) is 5.32. The Morgan fingerprint density at radius 2 is 1.73 bits per heavy atom. The van der Waals surface area contributed by atoms with Crippen LogP contribution in [0.3, 0.4) is 0 Å². The molecule has 1 aromatic rings. The van der Waals surface area contributed by atoms with Gasteiger partial charge in [-0.3, -0.25) is 0 Å². The summed E-state index contributed by atoms with van der Waals surface area (Å²) in [7, 11) is 0. The average Bonchev–Trinajstić information content (AvgIpc) is 1.86. The molecule has 60 valence electrons. The summed E-state index contributed by atoms with van der Waals surface area (Å²) in [5.74, 6) is 0. The normalized spacial score (nSPS) is 11.6. The van der Waals surface area contributed by atoms with Gasteiger partial charge in [-0.1, -0.05) is 34.1 Å². The Hall–Kier alpha value is 0.0400. The molecule has 0 heterocycles. The molecular weight excluding hydrogens is 282 g/mol. The summed E-state index contributed by atoms with van der Waals surface area (Å²) in [6.07, 6.45) is 0. The largest absolute Gasteiger partial charge is 0.327 e. The SMILES string of the molecule is FC(F)(Br)c1ccccc1Br. The van der Waals surface area contributed by atoms with E-state index >= 15 is 0 Å². The third-order valence-electron chi connectivity index (χ3n) is 1.18. The molecule has 1 aromatic carbocycles. The van der Waals surface area contributed by atoms with Gasteiger partial charge in [-0.2, -0.15) is 8.78 Å². The summed E-state index contributed by atoms with van der Waals surface area (Å²) in [5, 5.41) is 0. The van der Waals surface area contributed by atoms with Crippen LogP contribution in [-0.4, -0.2) is 0 Å². The van der Waals surface area contributed by atoms with Crippen LogP contribution in [0.15, 0.2) is 28.7 Å². The van der Waals surface area contributed by atoms with Crippen LogP contribution in [-0.2, 0) is 4.83 Å². The minimum atomic E-state index is -2.95. The van der Waals surface area contributed by atoms with Gasteiger partial charge in [0.15, 0.2) is 0 Å². The van der Waals surface area contributed by atoms with E-state index in [9.17, 15) is 8.78 Å². The molecule has 0 radical (unpaired) electrons. The molecule has 0 aliphatic heterocycles. The third kappa shape index (κ3) is 2.24. The highest BCUT2D eigenvalue weighted by Crippen LogP contribution is 2.38. The van der Waals surface area contributed by atoms with Gasteiger partial charge in [0.05, 0.1) is 0 Å². The number of benzene rings is 1. The van der Waals surface area contributed by atoms with Crippen LogP contribution in [0.25, 0.3) is 0 Å². The van der Waals surface area contributed by atoms with Crippen LogP contribution in [0.2, 0.25) is 0 Å². The molecule has 0 unspecified atom stereocenters. The number of halogens is 4. The van der Waals surface area contributed by atoms with Gasteiger partial charge in [-0.25, -0.2) is 0 Å². The lowest BCUT2D eigenvalue weighted by Gasteiger charge is -2.09. The first-order valence-corrected chi connectivity index (χ1v) is 4.42. The molecule has 0 amide bonds. The van der Waals surface area contributed by atoms with Gasteiger partial charge in [0.2, 0.25) is 0 Å². The molecule has 0 spiro atoms. The maximum atomic E-state index is 12.6. The van der Waals surface area contributed by atoms with E-state index in [1.807, 2.05) is 0 Å². The second kappa shape index (κ2) is 3.19. The van der Waals surface area contributed by atoms with Crippen molar-refractivity contribution >= 4 is 31.9 Å². The van der Waals surface area contributed by atoms with E-state index in [2.05, 4.69) is 31.9 Å². The van der Waals surface area contributed by atoms with Crippen molar-refractivity contribution < 1.29 is 8.78 Å². The lowest BCUT2D eigenvalue weighted by Crippen LogP contribution is -2.02. The summed E-state index contributed by atoms with van der Waals surface area (Å²) in [4.78, 5) is -2.95. The lowest BCUT2D eigenvalue weighted by atomic mass is 10.2. The number of alkyl halides is 3. The van der Waals surface area contributed by atoms with Crippen molar-refractivity contribution in [2.24, 2.45) is 0 Å². The van der Waals surface area contributed by atoms with Gasteiger partial charge >= 0.3 is 4.83 Å². The van der Waals surface area contributed by atoms with E-state index in [1.54, 1.807) is 18.2 Å². The highest BCUT2D eigenvalue weighted by atomic mass is 79.9. The molecule has 11 heavy (non-hydrogen) atoms. The van der Waals surface area contributed by atoms with Crippen LogP contribution in [0.5, 0.6) is 0 Å². The first kappa shape index (κ1) is 9.13. The van der Waals surface area contributed by atoms with Gasteiger partial charge in [0.1, 0.15) is 0 Å². The zero-order chi connectivity index (χ0) is 8.48. The standard InChI is InChI=1S/C7H4Br2F2/c8-6-4-2-1-3-5(6)7(9,10)11/h1-4H. The molecule has 0 atom stereocenters. The van der Waals surface area contributed by atoms with Gasteiger partial charge in [0, 0.05) is 10.0 Å². The average molecular weight is 286 g/mol. The van der Waals surface area contributed by atoms with Crippen LogP contribution < -0.4 is 0 Å². The Morgan fingerprint density at radius 1 is 1.18 bits per heavy atom. The van der Waals surface area contributed by atoms with E-state index in [0.29, 0.717) is 4.47 Å². The number of hydrogen-bond donors (Lipinski definition) is 0. The minimum absolute atomic E-state index is 0.0556. The second-order valence-electron chi connectivity index (χ2n) is 1.98. The van der Waals surface area contributed by atoms with Crippen molar-refractivity contribution in [1.29, 1.82) is 0 Å². The highest BCUT2D eigenvalue weighted by Gasteiger charge is 2.28. The Morgan fingerprint density at radius 3 is 2.09 bits per heavy atom. The Balaban J connectivity index is 3.14. The fourth-order valence-electron chi connectivity index (χ4n) is 0.691. The smallest absolute Gasteiger partial charge is 0.188 e. The summed E-state index contributed by atoms with van der Waals surface area (Å²) < 4.78 is 25.6. The fraction of sp³-hybridized carbons (Fsp3) is 0.143. The highest BCUT2D eigenvalue weighted by molar-refractivity contribution is 9.11. The van der Waals surface area contributed by atoms with Crippen molar-refractivity contribution in [2.75, 3.05) is 0 Å². The summed E-state index contributed by atoms with van der Waals surface area (Å²) in [6.45, 7) is 0. The molecule has 0 bridgehead atoms. The van der Waals surface area contributed by atoms with Crippen molar-refractivity contribution in [2.45, 2.75) is 4.83 Å². The molecule has 0 nitrogen and oxygen atoms in total. The van der Waals surface area contributed by atoms with Crippen LogP contribution in [0.1, 0.15) is 5.56 Å². The third-order valence-corrected chi connectivity index (χ3v) is 2.30. The summed E-state index contributed by atoms with van der Waals surface area (Å²) >= 11 is 5.30. The predicted molar refractivity (Wildman–Crippen MR) is 47.0 cm³/mol. The van der Waals surface area contributed by atoms with Gasteiger partial charge in [-0.05, 0) is 22.0 Å². The number of rotatable bonds is 1. The Bertz CT molecular complexity index is 255. The Labute approximate surface area is 79.9 Å². The van der Waals surface area contributed by atoms with E-state index in [4.69, 9.17) is 0 Å². The van der Waals surface area contributed by atoms with Gasteiger partial charge < -0.3 is 0 Å². The first-order valence-electron chi connectivity index (χ1n) is 2.83. The molecule has 0 fully saturated rings. The van der Waals surface area contributed by atoms with E-state index in [0.717, 1.165) is 0 Å². The van der Waals surface area contributed by atoms with Crippen molar-refractivity contribution in [3.05, 3.63) is 34.3 Å². The van der Waals surface area contributed by atoms with E-state index in [1.165, 1.54) is 6.07 Å². The van der Waals surface area contributed by atoms with Crippen molar-refractivity contribution in [1.82, 2.24) is 0 Å². The minimum Gasteiger partial charge on any atom is -0.188 e. The maximum Gasteiger partial charge on any atom is 0.327 e. The monoisotopic (exact) mass is 284 g/mol. The topological polar surface area (TPSA) is 0 Å². The van der Waals surface area contributed by atoms with Crippen molar-refractivity contribution in [3.63, 3.8) is 0 Å². The van der Waals surface area contributed by atoms with Crippen molar-refractivity contribution in [3.8, 4) is 0 Å².